The molecular weight excluding hydrogens is 626 g/mol. The van der Waals surface area contributed by atoms with E-state index in [0.717, 1.165) is 5.39 Å². The molecule has 3 aliphatic rings. The maximum atomic E-state index is 13.3. The predicted octanol–water partition coefficient (Wildman–Crippen LogP) is 1.96. The van der Waals surface area contributed by atoms with Gasteiger partial charge in [0.05, 0.1) is 29.1 Å². The highest BCUT2D eigenvalue weighted by atomic mass is 35.5. The fraction of sp³-hybridized carbons (Fsp3) is 0.433. The smallest absolute Gasteiger partial charge is 0.330 e. The minimum atomic E-state index is -3.96. The van der Waals surface area contributed by atoms with Crippen molar-refractivity contribution in [1.29, 1.82) is 0 Å². The number of benzene rings is 2. The number of carbonyl (C=O) groups is 4. The molecule has 1 aromatic heterocycles. The summed E-state index contributed by atoms with van der Waals surface area (Å²) in [4.78, 5) is 59.1. The van der Waals surface area contributed by atoms with Crippen molar-refractivity contribution < 1.29 is 37.4 Å². The zero-order valence-electron chi connectivity index (χ0n) is 24.3. The van der Waals surface area contributed by atoms with Crippen LogP contribution in [0.4, 0.5) is 4.79 Å². The number of aliphatic hydroxyl groups excluding tert-OH is 1. The van der Waals surface area contributed by atoms with E-state index >= 15 is 0 Å². The Bertz CT molecular complexity index is 1790. The highest BCUT2D eigenvalue weighted by Crippen LogP contribution is 2.28. The molecule has 1 atom stereocenters. The molecule has 3 amide bonds. The van der Waals surface area contributed by atoms with Crippen LogP contribution in [0.2, 0.25) is 5.02 Å². The number of likely N-dealkylation sites (tertiary alicyclic amines) is 2. The van der Waals surface area contributed by atoms with Gasteiger partial charge in [0.25, 0.3) is 5.91 Å². The van der Waals surface area contributed by atoms with Gasteiger partial charge in [0, 0.05) is 37.1 Å². The number of fused-ring (bicyclic) bond motifs is 2. The molecule has 6 rings (SSSR count). The van der Waals surface area contributed by atoms with E-state index in [2.05, 4.69) is 4.98 Å². The van der Waals surface area contributed by atoms with Crippen LogP contribution in [0.1, 0.15) is 37.2 Å². The van der Waals surface area contributed by atoms with Gasteiger partial charge in [-0.1, -0.05) is 23.7 Å². The van der Waals surface area contributed by atoms with Crippen LogP contribution in [0.15, 0.2) is 47.5 Å². The molecule has 3 aromatic rings. The summed E-state index contributed by atoms with van der Waals surface area (Å²) < 4.78 is 32.8. The fourth-order valence-corrected chi connectivity index (χ4v) is 7.64. The van der Waals surface area contributed by atoms with Crippen molar-refractivity contribution in [2.45, 2.75) is 55.9 Å². The number of ether oxygens (including phenoxy) is 1. The second-order valence-electron chi connectivity index (χ2n) is 11.5. The maximum Gasteiger partial charge on any atom is 0.330 e. The molecule has 2 fully saturated rings. The van der Waals surface area contributed by atoms with Gasteiger partial charge in [-0.15, -0.1) is 0 Å². The molecule has 0 radical (unpaired) electrons. The van der Waals surface area contributed by atoms with E-state index in [1.807, 2.05) is 0 Å². The van der Waals surface area contributed by atoms with Crippen molar-refractivity contribution in [2.75, 3.05) is 31.9 Å². The molecule has 0 bridgehead atoms. The molecule has 4 heterocycles. The molecule has 0 aliphatic carbocycles. The summed E-state index contributed by atoms with van der Waals surface area (Å²) in [7, 11) is -3.96. The quantitative estimate of drug-likeness (QED) is 0.340. The molecule has 13 nitrogen and oxygen atoms in total. The SMILES string of the molecule is O=C(CN1CCCC1=O)OCc1ncc2n1C(=O)N(C1CCN(C(=O)[C@H](O)CS(=O)(=O)c3ccc4cc(Cl)ccc4c3)CC1)C2. The summed E-state index contributed by atoms with van der Waals surface area (Å²) >= 11 is 6.01. The van der Waals surface area contributed by atoms with Gasteiger partial charge in [0.15, 0.2) is 15.7 Å². The van der Waals surface area contributed by atoms with Crippen LogP contribution in [-0.2, 0) is 42.1 Å². The molecule has 45 heavy (non-hydrogen) atoms. The normalized spacial score (nSPS) is 18.1. The summed E-state index contributed by atoms with van der Waals surface area (Å²) in [5, 5.41) is 12.6. The maximum absolute atomic E-state index is 13.3. The van der Waals surface area contributed by atoms with E-state index in [-0.39, 0.29) is 54.9 Å². The van der Waals surface area contributed by atoms with Gasteiger partial charge in [-0.05, 0) is 54.3 Å². The van der Waals surface area contributed by atoms with Crippen LogP contribution < -0.4 is 0 Å². The Morgan fingerprint density at radius 1 is 1.07 bits per heavy atom. The third kappa shape index (κ3) is 6.40. The number of sulfone groups is 1. The van der Waals surface area contributed by atoms with E-state index in [4.69, 9.17) is 16.3 Å². The van der Waals surface area contributed by atoms with Gasteiger partial charge >= 0.3 is 12.0 Å². The molecule has 2 aromatic carbocycles. The summed E-state index contributed by atoms with van der Waals surface area (Å²) in [6, 6.07) is 9.14. The topological polar surface area (TPSA) is 159 Å². The number of amides is 3. The molecule has 0 spiro atoms. The zero-order chi connectivity index (χ0) is 31.9. The predicted molar refractivity (Wildman–Crippen MR) is 161 cm³/mol. The summed E-state index contributed by atoms with van der Waals surface area (Å²) in [5.74, 6) is -1.79. The Morgan fingerprint density at radius 3 is 2.53 bits per heavy atom. The number of imidazole rings is 1. The lowest BCUT2D eigenvalue weighted by molar-refractivity contribution is -0.149. The Kier molecular flexibility index (Phi) is 8.55. The van der Waals surface area contributed by atoms with Crippen molar-refractivity contribution in [2.24, 2.45) is 0 Å². The number of hydrogen-bond acceptors (Lipinski definition) is 9. The lowest BCUT2D eigenvalue weighted by Crippen LogP contribution is -2.50. The summed E-state index contributed by atoms with van der Waals surface area (Å²) in [6.07, 6.45) is 1.84. The van der Waals surface area contributed by atoms with E-state index in [9.17, 15) is 32.7 Å². The van der Waals surface area contributed by atoms with Gasteiger partial charge in [0.2, 0.25) is 5.91 Å². The first-order valence-electron chi connectivity index (χ1n) is 14.7. The molecular formula is C30H32ClN5O8S. The minimum Gasteiger partial charge on any atom is -0.456 e. The number of nitrogens with zero attached hydrogens (tertiary/aromatic N) is 5. The molecule has 238 valence electrons. The second-order valence-corrected chi connectivity index (χ2v) is 14.0. The van der Waals surface area contributed by atoms with Crippen LogP contribution in [0.3, 0.4) is 0 Å². The Hall–Kier alpha value is -4.01. The Morgan fingerprint density at radius 2 is 1.80 bits per heavy atom. The minimum absolute atomic E-state index is 0.00430. The van der Waals surface area contributed by atoms with E-state index in [1.165, 1.54) is 26.5 Å². The number of aliphatic hydroxyl groups is 1. The lowest BCUT2D eigenvalue weighted by Gasteiger charge is -2.37. The lowest BCUT2D eigenvalue weighted by atomic mass is 10.0. The van der Waals surface area contributed by atoms with Crippen molar-refractivity contribution >= 4 is 56.0 Å². The van der Waals surface area contributed by atoms with Crippen LogP contribution in [0.5, 0.6) is 0 Å². The average molecular weight is 658 g/mol. The third-order valence-corrected chi connectivity index (χ3v) is 10.5. The molecule has 0 unspecified atom stereocenters. The second kappa shape index (κ2) is 12.4. The number of halogens is 1. The fourth-order valence-electron chi connectivity index (χ4n) is 6.12. The monoisotopic (exact) mass is 657 g/mol. The highest BCUT2D eigenvalue weighted by molar-refractivity contribution is 7.91. The van der Waals surface area contributed by atoms with Crippen LogP contribution in [-0.4, -0.2) is 106 Å². The standard InChI is InChI=1S/C30H32ClN5O8S/c31-21-5-3-20-13-24(6-4-19(20)12-21)45(42,43)18-25(37)29(40)33-10-7-22(8-11-33)35-15-23-14-32-26(36(23)30(35)41)17-44-28(39)16-34-9-1-2-27(34)38/h3-6,12-14,22,25,37H,1-2,7-11,15-18H2/t25-/m1/s1. The van der Waals surface area contributed by atoms with Crippen molar-refractivity contribution in [3.8, 4) is 0 Å². The molecule has 3 aliphatic heterocycles. The number of piperidine rings is 1. The average Bonchev–Trinajstić information content (AvgIpc) is 3.71. The van der Waals surface area contributed by atoms with Gasteiger partial charge in [0.1, 0.15) is 19.3 Å². The molecule has 2 saturated heterocycles. The van der Waals surface area contributed by atoms with Gasteiger partial charge < -0.3 is 24.5 Å². The Balaban J connectivity index is 1.01. The van der Waals surface area contributed by atoms with Gasteiger partial charge in [-0.25, -0.2) is 22.8 Å². The van der Waals surface area contributed by atoms with Gasteiger partial charge in [-0.3, -0.25) is 14.4 Å². The van der Waals surface area contributed by atoms with E-state index in [1.54, 1.807) is 35.4 Å². The number of carbonyl (C=O) groups excluding carboxylic acids is 4. The first-order valence-corrected chi connectivity index (χ1v) is 16.7. The number of aromatic nitrogens is 2. The largest absolute Gasteiger partial charge is 0.456 e. The van der Waals surface area contributed by atoms with Crippen molar-refractivity contribution in [1.82, 2.24) is 24.3 Å². The van der Waals surface area contributed by atoms with E-state index < -0.39 is 33.6 Å². The zero-order valence-corrected chi connectivity index (χ0v) is 25.9. The number of hydrogen-bond donors (Lipinski definition) is 1. The van der Waals surface area contributed by atoms with Crippen LogP contribution in [0.25, 0.3) is 10.8 Å². The number of esters is 1. The van der Waals surface area contributed by atoms with Crippen LogP contribution in [0, 0.1) is 0 Å². The Labute approximate surface area is 264 Å². The number of rotatable bonds is 9. The van der Waals surface area contributed by atoms with Crippen molar-refractivity contribution in [3.05, 3.63) is 59.1 Å². The summed E-state index contributed by atoms with van der Waals surface area (Å²) in [5.41, 5.74) is 0.650. The van der Waals surface area contributed by atoms with Crippen LogP contribution >= 0.6 is 11.6 Å². The van der Waals surface area contributed by atoms with Gasteiger partial charge in [-0.2, -0.15) is 0 Å². The van der Waals surface area contributed by atoms with E-state index in [0.29, 0.717) is 54.9 Å². The first-order chi connectivity index (χ1) is 21.5. The molecule has 1 N–H and O–H groups in total. The first kappa shape index (κ1) is 31.0. The highest BCUT2D eigenvalue weighted by Gasteiger charge is 2.38. The summed E-state index contributed by atoms with van der Waals surface area (Å²) in [6.45, 7) is 0.969. The molecule has 15 heteroatoms. The third-order valence-electron chi connectivity index (χ3n) is 8.54. The van der Waals surface area contributed by atoms with Crippen molar-refractivity contribution in [3.63, 3.8) is 0 Å². The molecule has 0 saturated carbocycles.